The van der Waals surface area contributed by atoms with E-state index < -0.39 is 0 Å². The Morgan fingerprint density at radius 2 is 1.86 bits per heavy atom. The van der Waals surface area contributed by atoms with E-state index in [0.717, 1.165) is 12.3 Å². The van der Waals surface area contributed by atoms with E-state index in [2.05, 4.69) is 48.2 Å². The fourth-order valence-corrected chi connectivity index (χ4v) is 3.20. The third-order valence-electron chi connectivity index (χ3n) is 3.25. The van der Waals surface area contributed by atoms with Crippen molar-refractivity contribution in [2.45, 2.75) is 24.5 Å². The summed E-state index contributed by atoms with van der Waals surface area (Å²) in [6.45, 7) is 3.65. The smallest absolute Gasteiger partial charge is 0.0760 e. The van der Waals surface area contributed by atoms with Gasteiger partial charge in [0.1, 0.15) is 0 Å². The van der Waals surface area contributed by atoms with Gasteiger partial charge >= 0.3 is 0 Å². The Labute approximate surface area is 131 Å². The molecule has 0 aliphatic carbocycles. The molecular formula is C18H23NOS. The van der Waals surface area contributed by atoms with Gasteiger partial charge in [-0.25, -0.2) is 0 Å². The van der Waals surface area contributed by atoms with Crippen LogP contribution in [0.3, 0.4) is 0 Å². The van der Waals surface area contributed by atoms with Crippen LogP contribution in [0.5, 0.6) is 0 Å². The molecule has 21 heavy (non-hydrogen) atoms. The number of aliphatic hydroxyl groups is 1. The van der Waals surface area contributed by atoms with Crippen LogP contribution in [0.1, 0.15) is 11.1 Å². The Morgan fingerprint density at radius 1 is 1.10 bits per heavy atom. The molecule has 0 saturated heterocycles. The molecular weight excluding hydrogens is 278 g/mol. The molecule has 0 aliphatic rings. The van der Waals surface area contributed by atoms with Gasteiger partial charge in [0.15, 0.2) is 0 Å². The van der Waals surface area contributed by atoms with Crippen molar-refractivity contribution in [3.05, 3.63) is 65.7 Å². The van der Waals surface area contributed by atoms with Crippen molar-refractivity contribution in [3.8, 4) is 0 Å². The first-order valence-electron chi connectivity index (χ1n) is 7.23. The number of aliphatic hydroxyl groups excluding tert-OH is 1. The topological polar surface area (TPSA) is 23.5 Å². The minimum atomic E-state index is -0.316. The quantitative estimate of drug-likeness (QED) is 0.791. The van der Waals surface area contributed by atoms with Crippen molar-refractivity contribution >= 4 is 11.8 Å². The van der Waals surface area contributed by atoms with Gasteiger partial charge < -0.3 is 5.11 Å². The Bertz CT molecular complexity index is 544. The molecule has 2 rings (SSSR count). The van der Waals surface area contributed by atoms with Crippen LogP contribution in [0.15, 0.2) is 59.5 Å². The molecule has 1 N–H and O–H groups in total. The normalized spacial score (nSPS) is 12.6. The van der Waals surface area contributed by atoms with Gasteiger partial charge in [0, 0.05) is 23.7 Å². The van der Waals surface area contributed by atoms with E-state index in [0.29, 0.717) is 6.54 Å². The van der Waals surface area contributed by atoms with Crippen LogP contribution < -0.4 is 0 Å². The maximum Gasteiger partial charge on any atom is 0.0760 e. The minimum Gasteiger partial charge on any atom is -0.391 e. The maximum absolute atomic E-state index is 10.2. The summed E-state index contributed by atoms with van der Waals surface area (Å²) >= 11 is 1.71. The van der Waals surface area contributed by atoms with Crippen molar-refractivity contribution in [2.24, 2.45) is 0 Å². The zero-order valence-electron chi connectivity index (χ0n) is 12.7. The second kappa shape index (κ2) is 8.23. The van der Waals surface area contributed by atoms with Crippen molar-refractivity contribution < 1.29 is 5.11 Å². The van der Waals surface area contributed by atoms with Gasteiger partial charge in [-0.2, -0.15) is 0 Å². The summed E-state index contributed by atoms with van der Waals surface area (Å²) in [5, 5.41) is 10.2. The van der Waals surface area contributed by atoms with E-state index >= 15 is 0 Å². The van der Waals surface area contributed by atoms with Gasteiger partial charge in [-0.15, -0.1) is 11.8 Å². The maximum atomic E-state index is 10.2. The van der Waals surface area contributed by atoms with Gasteiger partial charge in [-0.3, -0.25) is 4.90 Å². The van der Waals surface area contributed by atoms with Crippen LogP contribution in [-0.4, -0.2) is 35.5 Å². The molecule has 0 spiro atoms. The van der Waals surface area contributed by atoms with Gasteiger partial charge in [0.2, 0.25) is 0 Å². The van der Waals surface area contributed by atoms with Gasteiger partial charge in [-0.1, -0.05) is 48.0 Å². The highest BCUT2D eigenvalue weighted by Crippen LogP contribution is 2.20. The number of rotatable bonds is 7. The number of likely N-dealkylation sites (N-methyl/N-ethyl adjacent to an activating group) is 1. The van der Waals surface area contributed by atoms with Crippen LogP contribution in [0.4, 0.5) is 0 Å². The van der Waals surface area contributed by atoms with Crippen LogP contribution >= 0.6 is 11.8 Å². The van der Waals surface area contributed by atoms with Gasteiger partial charge in [-0.05, 0) is 31.7 Å². The Kier molecular flexibility index (Phi) is 6.30. The van der Waals surface area contributed by atoms with Gasteiger partial charge in [0.25, 0.3) is 0 Å². The lowest BCUT2D eigenvalue weighted by Crippen LogP contribution is -2.30. The predicted octanol–water partition coefficient (Wildman–Crippen LogP) is 3.58. The minimum absolute atomic E-state index is 0.316. The Balaban J connectivity index is 1.75. The standard InChI is InChI=1S/C18H23NOS/c1-15-7-6-10-18(11-15)21-14-17(20)13-19(2)12-16-8-4-3-5-9-16/h3-11,17,20H,12-14H2,1-2H3. The van der Waals surface area contributed by atoms with Crippen LogP contribution in [0.2, 0.25) is 0 Å². The molecule has 2 aromatic rings. The van der Waals surface area contributed by atoms with E-state index in [1.165, 1.54) is 16.0 Å². The first-order chi connectivity index (χ1) is 10.1. The second-order valence-electron chi connectivity index (χ2n) is 5.46. The molecule has 2 nitrogen and oxygen atoms in total. The average molecular weight is 301 g/mol. The number of nitrogens with zero attached hydrogens (tertiary/aromatic N) is 1. The highest BCUT2D eigenvalue weighted by Gasteiger charge is 2.09. The van der Waals surface area contributed by atoms with Crippen LogP contribution in [0, 0.1) is 6.92 Å². The van der Waals surface area contributed by atoms with E-state index in [1.54, 1.807) is 11.8 Å². The van der Waals surface area contributed by atoms with Crippen LogP contribution in [0.25, 0.3) is 0 Å². The highest BCUT2D eigenvalue weighted by atomic mass is 32.2. The predicted molar refractivity (Wildman–Crippen MR) is 90.7 cm³/mol. The average Bonchev–Trinajstić information content (AvgIpc) is 2.46. The van der Waals surface area contributed by atoms with Crippen molar-refractivity contribution in [1.82, 2.24) is 4.90 Å². The molecule has 1 unspecified atom stereocenters. The van der Waals surface area contributed by atoms with Crippen molar-refractivity contribution in [1.29, 1.82) is 0 Å². The summed E-state index contributed by atoms with van der Waals surface area (Å²) in [5.41, 5.74) is 2.54. The number of thioether (sulfide) groups is 1. The Hall–Kier alpha value is -1.29. The van der Waals surface area contributed by atoms with E-state index in [1.807, 2.05) is 25.2 Å². The molecule has 2 aromatic carbocycles. The third-order valence-corrected chi connectivity index (χ3v) is 4.39. The highest BCUT2D eigenvalue weighted by molar-refractivity contribution is 7.99. The summed E-state index contributed by atoms with van der Waals surface area (Å²) in [5.74, 6) is 0.725. The molecule has 0 radical (unpaired) electrons. The lowest BCUT2D eigenvalue weighted by molar-refractivity contribution is 0.142. The van der Waals surface area contributed by atoms with Crippen molar-refractivity contribution in [2.75, 3.05) is 19.3 Å². The third kappa shape index (κ3) is 5.92. The zero-order chi connectivity index (χ0) is 15.1. The monoisotopic (exact) mass is 301 g/mol. The number of hydrogen-bond acceptors (Lipinski definition) is 3. The summed E-state index contributed by atoms with van der Waals surface area (Å²) in [6.07, 6.45) is -0.316. The Morgan fingerprint density at radius 3 is 2.57 bits per heavy atom. The van der Waals surface area contributed by atoms with Crippen LogP contribution in [-0.2, 0) is 6.54 Å². The zero-order valence-corrected chi connectivity index (χ0v) is 13.5. The van der Waals surface area contributed by atoms with E-state index in [9.17, 15) is 5.11 Å². The molecule has 1 atom stereocenters. The largest absolute Gasteiger partial charge is 0.391 e. The van der Waals surface area contributed by atoms with Gasteiger partial charge in [0.05, 0.1) is 6.10 Å². The molecule has 3 heteroatoms. The summed E-state index contributed by atoms with van der Waals surface area (Å²) in [4.78, 5) is 3.39. The van der Waals surface area contributed by atoms with E-state index in [4.69, 9.17) is 0 Å². The fourth-order valence-electron chi connectivity index (χ4n) is 2.27. The molecule has 0 fully saturated rings. The molecule has 0 saturated carbocycles. The SMILES string of the molecule is Cc1cccc(SCC(O)CN(C)Cc2ccccc2)c1. The number of aryl methyl sites for hydroxylation is 1. The summed E-state index contributed by atoms with van der Waals surface area (Å²) in [6, 6.07) is 18.8. The molecule has 0 bridgehead atoms. The summed E-state index contributed by atoms with van der Waals surface area (Å²) < 4.78 is 0. The lowest BCUT2D eigenvalue weighted by atomic mass is 10.2. The second-order valence-corrected chi connectivity index (χ2v) is 6.56. The molecule has 0 heterocycles. The number of hydrogen-bond donors (Lipinski definition) is 1. The molecule has 0 aliphatic heterocycles. The first kappa shape index (κ1) is 16.1. The van der Waals surface area contributed by atoms with Crippen molar-refractivity contribution in [3.63, 3.8) is 0 Å². The first-order valence-corrected chi connectivity index (χ1v) is 8.22. The van der Waals surface area contributed by atoms with E-state index in [-0.39, 0.29) is 6.10 Å². The molecule has 112 valence electrons. The lowest BCUT2D eigenvalue weighted by Gasteiger charge is -2.20. The molecule has 0 amide bonds. The fraction of sp³-hybridized carbons (Fsp3) is 0.333. The summed E-state index contributed by atoms with van der Waals surface area (Å²) in [7, 11) is 2.05. The molecule has 0 aromatic heterocycles. The number of benzene rings is 2.